The third-order valence-corrected chi connectivity index (χ3v) is 5.21. The average Bonchev–Trinajstić information content (AvgIpc) is 3.19. The van der Waals surface area contributed by atoms with E-state index in [4.69, 9.17) is 9.15 Å². The van der Waals surface area contributed by atoms with Crippen molar-refractivity contribution in [3.8, 4) is 17.2 Å². The number of aromatic nitrogens is 2. The molecule has 0 unspecified atom stereocenters. The minimum atomic E-state index is 0.654. The standard InChI is InChI=1S/C19H23N3O2S/c1-13-18(25-12-20-13)9-10-22(3)11-17-14(2)24-19(21-17)15-5-7-16(23-4)8-6-15/h5-8,12H,9-11H2,1-4H3. The van der Waals surface area contributed by atoms with Crippen LogP contribution in [-0.2, 0) is 13.0 Å². The molecule has 2 aromatic heterocycles. The molecule has 0 radical (unpaired) electrons. The first-order valence-electron chi connectivity index (χ1n) is 8.25. The molecule has 0 spiro atoms. The Morgan fingerprint density at radius 3 is 2.60 bits per heavy atom. The van der Waals surface area contributed by atoms with E-state index in [1.54, 1.807) is 18.4 Å². The van der Waals surface area contributed by atoms with Crippen molar-refractivity contribution >= 4 is 11.3 Å². The number of ether oxygens (including phenoxy) is 1. The molecular weight excluding hydrogens is 334 g/mol. The summed E-state index contributed by atoms with van der Waals surface area (Å²) in [5.74, 6) is 2.35. The maximum atomic E-state index is 5.86. The summed E-state index contributed by atoms with van der Waals surface area (Å²) in [6.07, 6.45) is 1.01. The zero-order valence-electron chi connectivity index (χ0n) is 15.1. The van der Waals surface area contributed by atoms with Gasteiger partial charge in [-0.2, -0.15) is 0 Å². The molecule has 2 heterocycles. The Morgan fingerprint density at radius 1 is 1.20 bits per heavy atom. The van der Waals surface area contributed by atoms with E-state index in [0.29, 0.717) is 5.89 Å². The Labute approximate surface area is 152 Å². The molecule has 0 amide bonds. The van der Waals surface area contributed by atoms with Gasteiger partial charge in [0.15, 0.2) is 0 Å². The van der Waals surface area contributed by atoms with Gasteiger partial charge in [0, 0.05) is 23.5 Å². The number of hydrogen-bond donors (Lipinski definition) is 0. The van der Waals surface area contributed by atoms with Gasteiger partial charge in [0.2, 0.25) is 5.89 Å². The van der Waals surface area contributed by atoms with Crippen molar-refractivity contribution in [2.45, 2.75) is 26.8 Å². The van der Waals surface area contributed by atoms with Gasteiger partial charge in [-0.1, -0.05) is 0 Å². The van der Waals surface area contributed by atoms with Crippen LogP contribution in [0.15, 0.2) is 34.2 Å². The van der Waals surface area contributed by atoms with E-state index in [1.165, 1.54) is 4.88 Å². The van der Waals surface area contributed by atoms with Gasteiger partial charge in [-0.15, -0.1) is 11.3 Å². The number of hydrogen-bond acceptors (Lipinski definition) is 6. The van der Waals surface area contributed by atoms with Gasteiger partial charge in [0.25, 0.3) is 0 Å². The lowest BCUT2D eigenvalue weighted by molar-refractivity contribution is 0.326. The minimum Gasteiger partial charge on any atom is -0.497 e. The van der Waals surface area contributed by atoms with Crippen LogP contribution in [0.5, 0.6) is 5.75 Å². The molecule has 0 aliphatic carbocycles. The van der Waals surface area contributed by atoms with E-state index in [2.05, 4.69) is 28.8 Å². The lowest BCUT2D eigenvalue weighted by Crippen LogP contribution is -2.21. The van der Waals surface area contributed by atoms with E-state index in [-0.39, 0.29) is 0 Å². The summed E-state index contributed by atoms with van der Waals surface area (Å²) in [4.78, 5) is 12.6. The average molecular weight is 357 g/mol. The fourth-order valence-electron chi connectivity index (χ4n) is 2.63. The summed E-state index contributed by atoms with van der Waals surface area (Å²) in [6, 6.07) is 7.75. The second-order valence-corrected chi connectivity index (χ2v) is 7.04. The summed E-state index contributed by atoms with van der Waals surface area (Å²) >= 11 is 1.72. The SMILES string of the molecule is COc1ccc(-c2nc(CN(C)CCc3scnc3C)c(C)o2)cc1. The van der Waals surface area contributed by atoms with Crippen LogP contribution in [-0.4, -0.2) is 35.6 Å². The number of aryl methyl sites for hydroxylation is 2. The van der Waals surface area contributed by atoms with Crippen LogP contribution in [0.25, 0.3) is 11.5 Å². The molecule has 3 rings (SSSR count). The summed E-state index contributed by atoms with van der Waals surface area (Å²) in [5, 5.41) is 0. The first-order chi connectivity index (χ1) is 12.1. The molecule has 0 aliphatic heterocycles. The van der Waals surface area contributed by atoms with Crippen molar-refractivity contribution in [1.82, 2.24) is 14.9 Å². The van der Waals surface area contributed by atoms with Gasteiger partial charge in [0.1, 0.15) is 11.5 Å². The van der Waals surface area contributed by atoms with Crippen molar-refractivity contribution in [3.63, 3.8) is 0 Å². The lowest BCUT2D eigenvalue weighted by atomic mass is 10.2. The molecule has 0 saturated heterocycles. The van der Waals surface area contributed by atoms with Crippen LogP contribution in [0.4, 0.5) is 0 Å². The zero-order chi connectivity index (χ0) is 17.8. The number of nitrogens with zero attached hydrogens (tertiary/aromatic N) is 3. The van der Waals surface area contributed by atoms with Gasteiger partial charge >= 0.3 is 0 Å². The number of methoxy groups -OCH3 is 1. The highest BCUT2D eigenvalue weighted by Gasteiger charge is 2.14. The molecule has 25 heavy (non-hydrogen) atoms. The van der Waals surface area contributed by atoms with Crippen molar-refractivity contribution in [2.24, 2.45) is 0 Å². The third-order valence-electron chi connectivity index (χ3n) is 4.21. The molecule has 0 fully saturated rings. The molecule has 0 bridgehead atoms. The van der Waals surface area contributed by atoms with E-state index >= 15 is 0 Å². The van der Waals surface area contributed by atoms with Crippen LogP contribution in [0.2, 0.25) is 0 Å². The summed E-state index contributed by atoms with van der Waals surface area (Å²) in [6.45, 7) is 5.77. The topological polar surface area (TPSA) is 51.4 Å². The second-order valence-electron chi connectivity index (χ2n) is 6.10. The Bertz CT molecular complexity index is 824. The molecular formula is C19H23N3O2S. The molecule has 1 aromatic carbocycles. The molecule has 6 heteroatoms. The number of rotatable bonds is 7. The fraction of sp³-hybridized carbons (Fsp3) is 0.368. The van der Waals surface area contributed by atoms with Gasteiger partial charge in [0.05, 0.1) is 24.0 Å². The number of oxazole rings is 1. The first-order valence-corrected chi connectivity index (χ1v) is 9.13. The third kappa shape index (κ3) is 4.27. The Kier molecular flexibility index (Phi) is 5.50. The lowest BCUT2D eigenvalue weighted by Gasteiger charge is -2.14. The molecule has 0 N–H and O–H groups in total. The molecule has 0 atom stereocenters. The quantitative estimate of drug-likeness (QED) is 0.637. The zero-order valence-corrected chi connectivity index (χ0v) is 15.9. The van der Waals surface area contributed by atoms with Crippen LogP contribution in [0, 0.1) is 13.8 Å². The minimum absolute atomic E-state index is 0.654. The van der Waals surface area contributed by atoms with Crippen LogP contribution < -0.4 is 4.74 Å². The first kappa shape index (κ1) is 17.6. The Balaban J connectivity index is 1.64. The summed E-state index contributed by atoms with van der Waals surface area (Å²) < 4.78 is 11.0. The van der Waals surface area contributed by atoms with Gasteiger partial charge < -0.3 is 14.1 Å². The number of thiazole rings is 1. The summed E-state index contributed by atoms with van der Waals surface area (Å²) in [7, 11) is 3.77. The second kappa shape index (κ2) is 7.80. The van der Waals surface area contributed by atoms with Gasteiger partial charge in [-0.3, -0.25) is 0 Å². The summed E-state index contributed by atoms with van der Waals surface area (Å²) in [5.41, 5.74) is 4.98. The van der Waals surface area contributed by atoms with Crippen LogP contribution in [0.1, 0.15) is 22.0 Å². The maximum Gasteiger partial charge on any atom is 0.226 e. The molecule has 132 valence electrons. The van der Waals surface area contributed by atoms with Crippen molar-refractivity contribution in [2.75, 3.05) is 20.7 Å². The normalized spacial score (nSPS) is 11.2. The smallest absolute Gasteiger partial charge is 0.226 e. The predicted molar refractivity (Wildman–Crippen MR) is 100 cm³/mol. The van der Waals surface area contributed by atoms with E-state index in [9.17, 15) is 0 Å². The predicted octanol–water partition coefficient (Wildman–Crippen LogP) is 4.10. The Hall–Kier alpha value is -2.18. The van der Waals surface area contributed by atoms with Crippen molar-refractivity contribution < 1.29 is 9.15 Å². The number of likely N-dealkylation sites (N-methyl/N-ethyl adjacent to an activating group) is 1. The monoisotopic (exact) mass is 357 g/mol. The van der Waals surface area contributed by atoms with E-state index < -0.39 is 0 Å². The highest BCUT2D eigenvalue weighted by Crippen LogP contribution is 2.24. The van der Waals surface area contributed by atoms with Crippen LogP contribution >= 0.6 is 11.3 Å². The van der Waals surface area contributed by atoms with Gasteiger partial charge in [-0.25, -0.2) is 9.97 Å². The van der Waals surface area contributed by atoms with E-state index in [0.717, 1.165) is 48.0 Å². The van der Waals surface area contributed by atoms with Crippen molar-refractivity contribution in [1.29, 1.82) is 0 Å². The fourth-order valence-corrected chi connectivity index (χ4v) is 3.40. The molecule has 0 aliphatic rings. The maximum absolute atomic E-state index is 5.86. The molecule has 5 nitrogen and oxygen atoms in total. The number of benzene rings is 1. The van der Waals surface area contributed by atoms with Crippen LogP contribution in [0.3, 0.4) is 0 Å². The molecule has 3 aromatic rings. The van der Waals surface area contributed by atoms with E-state index in [1.807, 2.05) is 36.7 Å². The highest BCUT2D eigenvalue weighted by molar-refractivity contribution is 7.09. The largest absolute Gasteiger partial charge is 0.497 e. The van der Waals surface area contributed by atoms with Crippen molar-refractivity contribution in [3.05, 3.63) is 51.8 Å². The Morgan fingerprint density at radius 2 is 1.96 bits per heavy atom. The van der Waals surface area contributed by atoms with Gasteiger partial charge in [-0.05, 0) is 51.6 Å². The highest BCUT2D eigenvalue weighted by atomic mass is 32.1. The molecule has 0 saturated carbocycles.